The molecule has 1 unspecified atom stereocenters. The SMILES string of the molecule is CC(CNS(=O)(=O)c1cccc(CO)c1)c1nccs1. The van der Waals surface area contributed by atoms with E-state index in [-0.39, 0.29) is 17.4 Å². The molecular formula is C13H16N2O3S2. The molecule has 1 aromatic carbocycles. The Morgan fingerprint density at radius 2 is 2.25 bits per heavy atom. The van der Waals surface area contributed by atoms with Crippen LogP contribution in [0.3, 0.4) is 0 Å². The third-order valence-electron chi connectivity index (χ3n) is 2.84. The quantitative estimate of drug-likeness (QED) is 0.851. The largest absolute Gasteiger partial charge is 0.392 e. The molecule has 0 spiro atoms. The van der Waals surface area contributed by atoms with Crippen LogP contribution in [0.1, 0.15) is 23.4 Å². The van der Waals surface area contributed by atoms with Crippen molar-refractivity contribution in [1.29, 1.82) is 0 Å². The van der Waals surface area contributed by atoms with Crippen LogP contribution in [0, 0.1) is 0 Å². The van der Waals surface area contributed by atoms with Crippen molar-refractivity contribution in [3.63, 3.8) is 0 Å². The lowest BCUT2D eigenvalue weighted by Gasteiger charge is -2.11. The monoisotopic (exact) mass is 312 g/mol. The molecule has 1 heterocycles. The normalized spacial score (nSPS) is 13.3. The Bertz CT molecular complexity index is 654. The summed E-state index contributed by atoms with van der Waals surface area (Å²) in [5.41, 5.74) is 0.570. The Morgan fingerprint density at radius 3 is 2.90 bits per heavy atom. The highest BCUT2D eigenvalue weighted by atomic mass is 32.2. The first-order valence-corrected chi connectivity index (χ1v) is 8.48. The van der Waals surface area contributed by atoms with E-state index in [0.717, 1.165) is 5.01 Å². The number of sulfonamides is 1. The van der Waals surface area contributed by atoms with Crippen LogP contribution in [0.2, 0.25) is 0 Å². The lowest BCUT2D eigenvalue weighted by molar-refractivity contribution is 0.281. The minimum atomic E-state index is -3.56. The zero-order valence-electron chi connectivity index (χ0n) is 11.0. The molecule has 2 aromatic rings. The Hall–Kier alpha value is -1.28. The number of nitrogens with zero attached hydrogens (tertiary/aromatic N) is 1. The van der Waals surface area contributed by atoms with Gasteiger partial charge in [-0.3, -0.25) is 0 Å². The summed E-state index contributed by atoms with van der Waals surface area (Å²) in [5.74, 6) is 0.0193. The topological polar surface area (TPSA) is 79.3 Å². The van der Waals surface area contributed by atoms with Gasteiger partial charge in [0.05, 0.1) is 16.5 Å². The van der Waals surface area contributed by atoms with Crippen molar-refractivity contribution in [2.75, 3.05) is 6.54 Å². The fraction of sp³-hybridized carbons (Fsp3) is 0.308. The van der Waals surface area contributed by atoms with Crippen LogP contribution < -0.4 is 4.72 Å². The molecule has 5 nitrogen and oxygen atoms in total. The van der Waals surface area contributed by atoms with Crippen LogP contribution in [-0.4, -0.2) is 25.1 Å². The number of aliphatic hydroxyl groups is 1. The van der Waals surface area contributed by atoms with E-state index in [9.17, 15) is 8.42 Å². The minimum absolute atomic E-state index is 0.0193. The number of hydrogen-bond donors (Lipinski definition) is 2. The summed E-state index contributed by atoms with van der Waals surface area (Å²) in [6.45, 7) is 2.03. The van der Waals surface area contributed by atoms with Gasteiger partial charge >= 0.3 is 0 Å². The van der Waals surface area contributed by atoms with Gasteiger partial charge in [0.25, 0.3) is 0 Å². The Kier molecular flexibility index (Phi) is 4.87. The van der Waals surface area contributed by atoms with Crippen LogP contribution >= 0.6 is 11.3 Å². The van der Waals surface area contributed by atoms with Crippen LogP contribution in [0.15, 0.2) is 40.7 Å². The first-order chi connectivity index (χ1) is 9.53. The number of thiazole rings is 1. The van der Waals surface area contributed by atoms with Crippen molar-refractivity contribution in [2.24, 2.45) is 0 Å². The molecule has 2 rings (SSSR count). The number of hydrogen-bond acceptors (Lipinski definition) is 5. The highest BCUT2D eigenvalue weighted by Crippen LogP contribution is 2.18. The number of aromatic nitrogens is 1. The Labute approximate surface area is 122 Å². The van der Waals surface area contributed by atoms with Gasteiger partial charge in [0.2, 0.25) is 10.0 Å². The van der Waals surface area contributed by atoms with Crippen molar-refractivity contribution in [2.45, 2.75) is 24.3 Å². The van der Waals surface area contributed by atoms with Crippen molar-refractivity contribution in [3.05, 3.63) is 46.4 Å². The average molecular weight is 312 g/mol. The molecule has 0 saturated carbocycles. The molecule has 20 heavy (non-hydrogen) atoms. The molecular weight excluding hydrogens is 296 g/mol. The maximum absolute atomic E-state index is 12.2. The first kappa shape index (κ1) is 15.1. The summed E-state index contributed by atoms with van der Waals surface area (Å²) in [7, 11) is -3.56. The number of nitrogens with one attached hydrogen (secondary N) is 1. The molecule has 0 radical (unpaired) electrons. The summed E-state index contributed by atoms with van der Waals surface area (Å²) in [5, 5.41) is 11.8. The van der Waals surface area contributed by atoms with E-state index in [4.69, 9.17) is 5.11 Å². The molecule has 7 heteroatoms. The van der Waals surface area contributed by atoms with E-state index in [0.29, 0.717) is 12.1 Å². The van der Waals surface area contributed by atoms with Gasteiger partial charge in [0.1, 0.15) is 0 Å². The third-order valence-corrected chi connectivity index (χ3v) is 5.27. The Morgan fingerprint density at radius 1 is 1.45 bits per heavy atom. The maximum Gasteiger partial charge on any atom is 0.240 e. The molecule has 2 N–H and O–H groups in total. The van der Waals surface area contributed by atoms with Crippen molar-refractivity contribution in [1.82, 2.24) is 9.71 Å². The fourth-order valence-electron chi connectivity index (χ4n) is 1.69. The van der Waals surface area contributed by atoms with Gasteiger partial charge in [0, 0.05) is 24.0 Å². The predicted molar refractivity (Wildman–Crippen MR) is 78.1 cm³/mol. The van der Waals surface area contributed by atoms with E-state index in [2.05, 4.69) is 9.71 Å². The predicted octanol–water partition coefficient (Wildman–Crippen LogP) is 1.72. The summed E-state index contributed by atoms with van der Waals surface area (Å²) >= 11 is 1.50. The minimum Gasteiger partial charge on any atom is -0.392 e. The summed E-state index contributed by atoms with van der Waals surface area (Å²) < 4.78 is 26.9. The zero-order valence-corrected chi connectivity index (χ0v) is 12.6. The molecule has 0 aliphatic carbocycles. The van der Waals surface area contributed by atoms with Crippen molar-refractivity contribution < 1.29 is 13.5 Å². The van der Waals surface area contributed by atoms with Gasteiger partial charge in [-0.2, -0.15) is 0 Å². The third kappa shape index (κ3) is 3.63. The van der Waals surface area contributed by atoms with E-state index in [1.807, 2.05) is 12.3 Å². The molecule has 1 aromatic heterocycles. The highest BCUT2D eigenvalue weighted by molar-refractivity contribution is 7.89. The highest BCUT2D eigenvalue weighted by Gasteiger charge is 2.17. The van der Waals surface area contributed by atoms with Crippen LogP contribution in [0.5, 0.6) is 0 Å². The average Bonchev–Trinajstić information content (AvgIpc) is 2.99. The van der Waals surface area contributed by atoms with E-state index in [1.54, 1.807) is 18.3 Å². The summed E-state index contributed by atoms with van der Waals surface area (Å²) in [4.78, 5) is 4.33. The molecule has 1 atom stereocenters. The number of benzene rings is 1. The molecule has 0 bridgehead atoms. The smallest absolute Gasteiger partial charge is 0.240 e. The van der Waals surface area contributed by atoms with Gasteiger partial charge < -0.3 is 5.11 Å². The second kappa shape index (κ2) is 6.45. The number of aliphatic hydroxyl groups excluding tert-OH is 1. The van der Waals surface area contributed by atoms with E-state index < -0.39 is 10.0 Å². The summed E-state index contributed by atoms with van der Waals surface area (Å²) in [6.07, 6.45) is 1.70. The molecule has 0 amide bonds. The Balaban J connectivity index is 2.07. The first-order valence-electron chi connectivity index (χ1n) is 6.12. The second-order valence-electron chi connectivity index (χ2n) is 4.43. The van der Waals surface area contributed by atoms with E-state index in [1.165, 1.54) is 23.5 Å². The van der Waals surface area contributed by atoms with Gasteiger partial charge in [-0.05, 0) is 17.7 Å². The maximum atomic E-state index is 12.2. The van der Waals surface area contributed by atoms with Crippen LogP contribution in [-0.2, 0) is 16.6 Å². The second-order valence-corrected chi connectivity index (χ2v) is 7.12. The fourth-order valence-corrected chi connectivity index (χ4v) is 3.59. The van der Waals surface area contributed by atoms with Gasteiger partial charge in [-0.15, -0.1) is 11.3 Å². The van der Waals surface area contributed by atoms with Gasteiger partial charge in [-0.1, -0.05) is 19.1 Å². The van der Waals surface area contributed by atoms with Gasteiger partial charge in [-0.25, -0.2) is 18.1 Å². The van der Waals surface area contributed by atoms with Crippen molar-refractivity contribution >= 4 is 21.4 Å². The zero-order chi connectivity index (χ0) is 14.6. The standard InChI is InChI=1S/C13H16N2O3S2/c1-10(13-14-5-6-19-13)8-15-20(17,18)12-4-2-3-11(7-12)9-16/h2-7,10,15-16H,8-9H2,1H3. The lowest BCUT2D eigenvalue weighted by atomic mass is 10.2. The van der Waals surface area contributed by atoms with E-state index >= 15 is 0 Å². The molecule has 108 valence electrons. The molecule has 0 aliphatic heterocycles. The molecule has 0 fully saturated rings. The number of rotatable bonds is 6. The van der Waals surface area contributed by atoms with Crippen molar-refractivity contribution in [3.8, 4) is 0 Å². The van der Waals surface area contributed by atoms with Crippen LogP contribution in [0.4, 0.5) is 0 Å². The molecule has 0 aliphatic rings. The molecule has 0 saturated heterocycles. The van der Waals surface area contributed by atoms with Gasteiger partial charge in [0.15, 0.2) is 0 Å². The van der Waals surface area contributed by atoms with Crippen LogP contribution in [0.25, 0.3) is 0 Å². The lowest BCUT2D eigenvalue weighted by Crippen LogP contribution is -2.27. The summed E-state index contributed by atoms with van der Waals surface area (Å²) in [6, 6.07) is 6.27.